The number of aromatic nitrogens is 2. The lowest BCUT2D eigenvalue weighted by Gasteiger charge is -2.19. The largest absolute Gasteiger partial charge is 0.467 e. The highest BCUT2D eigenvalue weighted by atomic mass is 16.3. The van der Waals surface area contributed by atoms with Crippen LogP contribution in [0.25, 0.3) is 0 Å². The van der Waals surface area contributed by atoms with E-state index in [2.05, 4.69) is 26.1 Å². The fourth-order valence-electron chi connectivity index (χ4n) is 3.20. The molecule has 0 aliphatic carbocycles. The summed E-state index contributed by atoms with van der Waals surface area (Å²) in [6.45, 7) is 0.421. The number of hydrogen-bond donors (Lipinski definition) is 4. The number of rotatable bonds is 8. The van der Waals surface area contributed by atoms with E-state index in [1.165, 1.54) is 6.33 Å². The minimum Gasteiger partial charge on any atom is -0.467 e. The van der Waals surface area contributed by atoms with Crippen LogP contribution in [0.5, 0.6) is 0 Å². The molecule has 0 radical (unpaired) electrons. The first kappa shape index (κ1) is 20.0. The van der Waals surface area contributed by atoms with Crippen LogP contribution in [0.2, 0.25) is 0 Å². The Morgan fingerprint density at radius 3 is 2.16 bits per heavy atom. The molecule has 4 rings (SSSR count). The highest BCUT2D eigenvalue weighted by Gasteiger charge is 2.23. The maximum atomic E-state index is 13.1. The van der Waals surface area contributed by atoms with Gasteiger partial charge in [-0.2, -0.15) is 0 Å². The zero-order valence-electron chi connectivity index (χ0n) is 16.7. The quantitative estimate of drug-likeness (QED) is 0.326. The smallest absolute Gasteiger partial charge is 0.250 e. The second-order valence-electron chi connectivity index (χ2n) is 6.79. The number of anilines is 3. The molecule has 31 heavy (non-hydrogen) atoms. The summed E-state index contributed by atoms with van der Waals surface area (Å²) in [7, 11) is 0. The van der Waals surface area contributed by atoms with Gasteiger partial charge in [0.2, 0.25) is 5.91 Å². The van der Waals surface area contributed by atoms with Gasteiger partial charge in [-0.05, 0) is 23.3 Å². The van der Waals surface area contributed by atoms with Crippen molar-refractivity contribution in [2.75, 3.05) is 16.5 Å². The molecule has 0 aliphatic heterocycles. The summed E-state index contributed by atoms with van der Waals surface area (Å²) < 4.78 is 5.30. The number of carbonyl (C=O) groups excluding carboxylic acids is 1. The molecule has 0 bridgehead atoms. The molecule has 2 heterocycles. The fourth-order valence-corrected chi connectivity index (χ4v) is 3.20. The summed E-state index contributed by atoms with van der Waals surface area (Å²) in [4.78, 5) is 21.4. The van der Waals surface area contributed by atoms with Crippen molar-refractivity contribution >= 4 is 23.2 Å². The molecule has 2 aromatic carbocycles. The molecule has 0 unspecified atom stereocenters. The molecule has 0 spiro atoms. The van der Waals surface area contributed by atoms with E-state index in [-0.39, 0.29) is 11.6 Å². The van der Waals surface area contributed by atoms with Crippen molar-refractivity contribution in [3.05, 3.63) is 102 Å². The number of benzene rings is 2. The maximum absolute atomic E-state index is 13.1. The first-order valence-corrected chi connectivity index (χ1v) is 9.75. The molecular formula is C23H22N6O2. The van der Waals surface area contributed by atoms with Crippen molar-refractivity contribution in [2.24, 2.45) is 0 Å². The standard InChI is InChI=1S/C23H22N6O2/c24-20-21(25-14-18-12-7-13-31-18)26-15-27-22(20)28-29-23(30)19(16-8-3-1-4-9-16)17-10-5-2-6-11-17/h1-13,15,19H,14,24H2,(H,29,30)(H2,25,26,27,28). The number of hydrazine groups is 1. The van der Waals surface area contributed by atoms with Gasteiger partial charge < -0.3 is 15.5 Å². The van der Waals surface area contributed by atoms with Crippen LogP contribution in [-0.4, -0.2) is 15.9 Å². The summed E-state index contributed by atoms with van der Waals surface area (Å²) in [5, 5.41) is 3.10. The first-order chi connectivity index (χ1) is 15.2. The van der Waals surface area contributed by atoms with Crippen molar-refractivity contribution in [3.8, 4) is 0 Å². The molecule has 5 N–H and O–H groups in total. The van der Waals surface area contributed by atoms with Gasteiger partial charge in [-0.3, -0.25) is 15.6 Å². The van der Waals surface area contributed by atoms with Gasteiger partial charge in [0.25, 0.3) is 0 Å². The minimum atomic E-state index is -0.491. The lowest BCUT2D eigenvalue weighted by atomic mass is 9.91. The van der Waals surface area contributed by atoms with Gasteiger partial charge >= 0.3 is 0 Å². The molecule has 4 aromatic rings. The van der Waals surface area contributed by atoms with Gasteiger partial charge in [-0.15, -0.1) is 0 Å². The van der Waals surface area contributed by atoms with Crippen LogP contribution in [0.1, 0.15) is 22.8 Å². The predicted octanol–water partition coefficient (Wildman–Crippen LogP) is 3.54. The molecular weight excluding hydrogens is 392 g/mol. The van der Waals surface area contributed by atoms with Crippen molar-refractivity contribution in [3.63, 3.8) is 0 Å². The van der Waals surface area contributed by atoms with E-state index in [0.717, 1.165) is 16.9 Å². The number of nitrogens with one attached hydrogen (secondary N) is 3. The molecule has 2 aromatic heterocycles. The van der Waals surface area contributed by atoms with E-state index < -0.39 is 5.92 Å². The highest BCUT2D eigenvalue weighted by Crippen LogP contribution is 2.26. The van der Waals surface area contributed by atoms with Crippen molar-refractivity contribution < 1.29 is 9.21 Å². The van der Waals surface area contributed by atoms with Gasteiger partial charge in [-0.25, -0.2) is 9.97 Å². The number of carbonyl (C=O) groups is 1. The Morgan fingerprint density at radius 2 is 1.55 bits per heavy atom. The van der Waals surface area contributed by atoms with E-state index in [0.29, 0.717) is 18.2 Å². The second-order valence-corrected chi connectivity index (χ2v) is 6.79. The fraction of sp³-hybridized carbons (Fsp3) is 0.0870. The van der Waals surface area contributed by atoms with Gasteiger partial charge in [0.1, 0.15) is 17.8 Å². The van der Waals surface area contributed by atoms with Gasteiger partial charge in [0.15, 0.2) is 11.6 Å². The Balaban J connectivity index is 1.48. The summed E-state index contributed by atoms with van der Waals surface area (Å²) in [5.41, 5.74) is 13.8. The van der Waals surface area contributed by atoms with Crippen LogP contribution in [0.4, 0.5) is 17.3 Å². The highest BCUT2D eigenvalue weighted by molar-refractivity contribution is 5.88. The number of nitrogen functional groups attached to an aromatic ring is 1. The lowest BCUT2D eigenvalue weighted by Crippen LogP contribution is -2.35. The molecule has 0 atom stereocenters. The third-order valence-electron chi connectivity index (χ3n) is 4.73. The molecule has 8 nitrogen and oxygen atoms in total. The Kier molecular flexibility index (Phi) is 6.08. The topological polar surface area (TPSA) is 118 Å². The number of nitrogens with two attached hydrogens (primary N) is 1. The molecule has 0 saturated heterocycles. The Labute approximate surface area is 179 Å². The Bertz CT molecular complexity index is 1080. The van der Waals surface area contributed by atoms with Gasteiger partial charge in [0, 0.05) is 0 Å². The maximum Gasteiger partial charge on any atom is 0.250 e. The zero-order chi connectivity index (χ0) is 21.5. The predicted molar refractivity (Wildman–Crippen MR) is 119 cm³/mol. The number of amides is 1. The van der Waals surface area contributed by atoms with Crippen molar-refractivity contribution in [1.29, 1.82) is 0 Å². The van der Waals surface area contributed by atoms with E-state index in [1.807, 2.05) is 66.7 Å². The minimum absolute atomic E-state index is 0.236. The lowest BCUT2D eigenvalue weighted by molar-refractivity contribution is -0.121. The van der Waals surface area contributed by atoms with Crippen LogP contribution in [0.3, 0.4) is 0 Å². The molecule has 0 aliphatic rings. The van der Waals surface area contributed by atoms with Crippen molar-refractivity contribution in [2.45, 2.75) is 12.5 Å². The van der Waals surface area contributed by atoms with Gasteiger partial charge in [-0.1, -0.05) is 60.7 Å². The molecule has 156 valence electrons. The Morgan fingerprint density at radius 1 is 0.903 bits per heavy atom. The normalized spacial score (nSPS) is 10.6. The third kappa shape index (κ3) is 4.81. The van der Waals surface area contributed by atoms with Crippen LogP contribution in [-0.2, 0) is 11.3 Å². The summed E-state index contributed by atoms with van der Waals surface area (Å²) in [6.07, 6.45) is 2.96. The molecule has 1 amide bonds. The Hall–Kier alpha value is -4.33. The third-order valence-corrected chi connectivity index (χ3v) is 4.73. The molecule has 8 heteroatoms. The second kappa shape index (κ2) is 9.45. The van der Waals surface area contributed by atoms with Crippen LogP contribution >= 0.6 is 0 Å². The van der Waals surface area contributed by atoms with E-state index in [4.69, 9.17) is 10.2 Å². The van der Waals surface area contributed by atoms with Gasteiger partial charge in [0.05, 0.1) is 18.7 Å². The number of furan rings is 1. The van der Waals surface area contributed by atoms with Crippen LogP contribution in [0, 0.1) is 0 Å². The van der Waals surface area contributed by atoms with Crippen LogP contribution < -0.4 is 21.9 Å². The van der Waals surface area contributed by atoms with E-state index >= 15 is 0 Å². The number of nitrogens with zero attached hydrogens (tertiary/aromatic N) is 2. The zero-order valence-corrected chi connectivity index (χ0v) is 16.7. The van der Waals surface area contributed by atoms with E-state index in [9.17, 15) is 4.79 Å². The average molecular weight is 414 g/mol. The summed E-state index contributed by atoms with van der Waals surface area (Å²) >= 11 is 0. The van der Waals surface area contributed by atoms with E-state index in [1.54, 1.807) is 12.3 Å². The van der Waals surface area contributed by atoms with Crippen molar-refractivity contribution in [1.82, 2.24) is 15.4 Å². The van der Waals surface area contributed by atoms with Crippen LogP contribution in [0.15, 0.2) is 89.8 Å². The molecule has 0 fully saturated rings. The summed E-state index contributed by atoms with van der Waals surface area (Å²) in [5.74, 6) is 0.750. The SMILES string of the molecule is Nc1c(NCc2ccco2)ncnc1NNC(=O)C(c1ccccc1)c1ccccc1. The average Bonchev–Trinajstić information content (AvgIpc) is 3.33. The molecule has 0 saturated carbocycles. The summed E-state index contributed by atoms with van der Waals surface area (Å²) in [6, 6.07) is 22.8. The first-order valence-electron chi connectivity index (χ1n) is 9.75. The number of hydrogen-bond acceptors (Lipinski definition) is 7. The monoisotopic (exact) mass is 414 g/mol.